The summed E-state index contributed by atoms with van der Waals surface area (Å²) in [7, 11) is 1.56. The molecule has 1 aromatic rings. The zero-order chi connectivity index (χ0) is 18.5. The fourth-order valence-electron chi connectivity index (χ4n) is 4.06. The lowest BCUT2D eigenvalue weighted by Gasteiger charge is -2.29. The molecular weight excluding hydrogens is 330 g/mol. The molecule has 26 heavy (non-hydrogen) atoms. The van der Waals surface area contributed by atoms with Crippen LogP contribution in [0.15, 0.2) is 18.2 Å². The van der Waals surface area contributed by atoms with Gasteiger partial charge in [0.05, 0.1) is 12.8 Å². The molecule has 4 N–H and O–H groups in total. The van der Waals surface area contributed by atoms with E-state index >= 15 is 0 Å². The maximum Gasteiger partial charge on any atom is 0.227 e. The fraction of sp³-hybridized carbons (Fsp3) is 0.600. The first kappa shape index (κ1) is 18.5. The lowest BCUT2D eigenvalue weighted by molar-refractivity contribution is -0.125. The van der Waals surface area contributed by atoms with E-state index in [-0.39, 0.29) is 29.7 Å². The molecule has 2 saturated carbocycles. The number of amides is 2. The molecule has 0 heterocycles. The Morgan fingerprint density at radius 1 is 1.00 bits per heavy atom. The third kappa shape index (κ3) is 4.48. The molecule has 6 heteroatoms. The van der Waals surface area contributed by atoms with Crippen LogP contribution < -0.4 is 21.1 Å². The van der Waals surface area contributed by atoms with Crippen LogP contribution in [0, 0.1) is 11.8 Å². The lowest BCUT2D eigenvalue weighted by atomic mass is 9.85. The number of methoxy groups -OCH3 is 1. The first-order valence-corrected chi connectivity index (χ1v) is 9.61. The van der Waals surface area contributed by atoms with Gasteiger partial charge in [-0.1, -0.05) is 12.8 Å². The van der Waals surface area contributed by atoms with Crippen molar-refractivity contribution in [1.82, 2.24) is 5.32 Å². The molecule has 0 aromatic heterocycles. The summed E-state index contributed by atoms with van der Waals surface area (Å²) in [5.41, 5.74) is 7.07. The molecule has 0 radical (unpaired) electrons. The first-order chi connectivity index (χ1) is 12.6. The highest BCUT2D eigenvalue weighted by Gasteiger charge is 2.29. The van der Waals surface area contributed by atoms with Crippen molar-refractivity contribution in [2.24, 2.45) is 11.8 Å². The number of ether oxygens (including phenoxy) is 1. The van der Waals surface area contributed by atoms with Gasteiger partial charge in [0.25, 0.3) is 0 Å². The maximum absolute atomic E-state index is 12.5. The van der Waals surface area contributed by atoms with Gasteiger partial charge in [0, 0.05) is 23.6 Å². The van der Waals surface area contributed by atoms with E-state index in [1.807, 2.05) is 0 Å². The Morgan fingerprint density at radius 3 is 2.27 bits per heavy atom. The first-order valence-electron chi connectivity index (χ1n) is 9.61. The van der Waals surface area contributed by atoms with Gasteiger partial charge in [-0.2, -0.15) is 0 Å². The molecule has 6 nitrogen and oxygen atoms in total. The molecule has 0 bridgehead atoms. The van der Waals surface area contributed by atoms with Crippen LogP contribution in [-0.2, 0) is 9.59 Å². The van der Waals surface area contributed by atoms with Crippen LogP contribution in [0.5, 0.6) is 5.75 Å². The third-order valence-corrected chi connectivity index (χ3v) is 5.67. The van der Waals surface area contributed by atoms with Gasteiger partial charge in [-0.05, 0) is 56.7 Å². The zero-order valence-corrected chi connectivity index (χ0v) is 15.4. The minimum Gasteiger partial charge on any atom is -0.495 e. The molecular formula is C20H29N3O3. The molecule has 0 spiro atoms. The van der Waals surface area contributed by atoms with Crippen molar-refractivity contribution in [3.63, 3.8) is 0 Å². The van der Waals surface area contributed by atoms with Crippen LogP contribution in [0.3, 0.4) is 0 Å². The fourth-order valence-corrected chi connectivity index (χ4v) is 4.06. The average molecular weight is 359 g/mol. The van der Waals surface area contributed by atoms with E-state index in [4.69, 9.17) is 10.5 Å². The van der Waals surface area contributed by atoms with E-state index in [1.165, 1.54) is 12.8 Å². The minimum absolute atomic E-state index is 0.0158. The van der Waals surface area contributed by atoms with E-state index in [1.54, 1.807) is 25.3 Å². The second kappa shape index (κ2) is 8.43. The molecule has 0 atom stereocenters. The van der Waals surface area contributed by atoms with Crippen LogP contribution in [0.4, 0.5) is 11.4 Å². The van der Waals surface area contributed by atoms with E-state index in [2.05, 4.69) is 10.6 Å². The Labute approximate surface area is 154 Å². The Hall–Kier alpha value is -2.24. The van der Waals surface area contributed by atoms with Gasteiger partial charge >= 0.3 is 0 Å². The summed E-state index contributed by atoms with van der Waals surface area (Å²) in [6.45, 7) is 0. The van der Waals surface area contributed by atoms with Gasteiger partial charge in [-0.25, -0.2) is 0 Å². The van der Waals surface area contributed by atoms with Gasteiger partial charge in [0.1, 0.15) is 5.75 Å². The summed E-state index contributed by atoms with van der Waals surface area (Å²) in [6, 6.07) is 5.47. The molecule has 0 unspecified atom stereocenters. The summed E-state index contributed by atoms with van der Waals surface area (Å²) in [4.78, 5) is 24.7. The highest BCUT2D eigenvalue weighted by Crippen LogP contribution is 2.29. The minimum atomic E-state index is -0.0158. The molecule has 2 aliphatic carbocycles. The molecule has 0 aliphatic heterocycles. The van der Waals surface area contributed by atoms with Gasteiger partial charge < -0.3 is 21.1 Å². The molecule has 142 valence electrons. The summed E-state index contributed by atoms with van der Waals surface area (Å²) < 4.78 is 5.13. The van der Waals surface area contributed by atoms with Gasteiger partial charge in [-0.3, -0.25) is 9.59 Å². The zero-order valence-electron chi connectivity index (χ0n) is 15.4. The third-order valence-electron chi connectivity index (χ3n) is 5.67. The van der Waals surface area contributed by atoms with Gasteiger partial charge in [-0.15, -0.1) is 0 Å². The highest BCUT2D eigenvalue weighted by atomic mass is 16.5. The van der Waals surface area contributed by atoms with Crippen molar-refractivity contribution in [1.29, 1.82) is 0 Å². The smallest absolute Gasteiger partial charge is 0.227 e. The molecule has 2 fully saturated rings. The van der Waals surface area contributed by atoms with Gasteiger partial charge in [0.2, 0.25) is 11.8 Å². The van der Waals surface area contributed by atoms with Crippen LogP contribution in [0.25, 0.3) is 0 Å². The monoisotopic (exact) mass is 359 g/mol. The van der Waals surface area contributed by atoms with Crippen LogP contribution in [-0.4, -0.2) is 25.0 Å². The van der Waals surface area contributed by atoms with E-state index < -0.39 is 0 Å². The molecule has 2 aliphatic rings. The largest absolute Gasteiger partial charge is 0.495 e. The van der Waals surface area contributed by atoms with E-state index in [0.717, 1.165) is 38.5 Å². The van der Waals surface area contributed by atoms with Crippen molar-refractivity contribution in [3.05, 3.63) is 18.2 Å². The SMILES string of the molecule is COc1ccc(NC(=O)C2CCC(NC(=O)C3CCCC3)CC2)cc1N. The number of hydrogen-bond acceptors (Lipinski definition) is 4. The van der Waals surface area contributed by atoms with Crippen molar-refractivity contribution < 1.29 is 14.3 Å². The summed E-state index contributed by atoms with van der Waals surface area (Å²) in [5, 5.41) is 6.13. The average Bonchev–Trinajstić information content (AvgIpc) is 3.17. The summed E-state index contributed by atoms with van der Waals surface area (Å²) in [6.07, 6.45) is 7.70. The number of nitrogens with one attached hydrogen (secondary N) is 2. The predicted octanol–water partition coefficient (Wildman–Crippen LogP) is 3.08. The Balaban J connectivity index is 1.46. The van der Waals surface area contributed by atoms with Crippen molar-refractivity contribution in [2.75, 3.05) is 18.2 Å². The van der Waals surface area contributed by atoms with Crippen LogP contribution >= 0.6 is 0 Å². The quantitative estimate of drug-likeness (QED) is 0.704. The second-order valence-corrected chi connectivity index (χ2v) is 7.48. The molecule has 2 amide bonds. The van der Waals surface area contributed by atoms with E-state index in [9.17, 15) is 9.59 Å². The van der Waals surface area contributed by atoms with Crippen molar-refractivity contribution >= 4 is 23.2 Å². The van der Waals surface area contributed by atoms with Crippen LogP contribution in [0.2, 0.25) is 0 Å². The number of benzene rings is 1. The Bertz CT molecular complexity index is 648. The number of carbonyl (C=O) groups is 2. The maximum atomic E-state index is 12.5. The number of nitrogen functional groups attached to an aromatic ring is 1. The van der Waals surface area contributed by atoms with Crippen molar-refractivity contribution in [2.45, 2.75) is 57.4 Å². The van der Waals surface area contributed by atoms with E-state index in [0.29, 0.717) is 17.1 Å². The predicted molar refractivity (Wildman–Crippen MR) is 102 cm³/mol. The Kier molecular flexibility index (Phi) is 6.01. The molecule has 1 aromatic carbocycles. The lowest BCUT2D eigenvalue weighted by Crippen LogP contribution is -2.41. The highest BCUT2D eigenvalue weighted by molar-refractivity contribution is 5.93. The molecule has 0 saturated heterocycles. The van der Waals surface area contributed by atoms with Crippen LogP contribution in [0.1, 0.15) is 51.4 Å². The van der Waals surface area contributed by atoms with Gasteiger partial charge in [0.15, 0.2) is 0 Å². The number of anilines is 2. The summed E-state index contributed by atoms with van der Waals surface area (Å²) >= 11 is 0. The normalized spacial score (nSPS) is 23.4. The number of rotatable bonds is 5. The number of carbonyl (C=O) groups excluding carboxylic acids is 2. The Morgan fingerprint density at radius 2 is 1.65 bits per heavy atom. The number of nitrogens with two attached hydrogens (primary N) is 1. The van der Waals surface area contributed by atoms with Crippen molar-refractivity contribution in [3.8, 4) is 5.75 Å². The molecule has 3 rings (SSSR count). The topological polar surface area (TPSA) is 93.5 Å². The second-order valence-electron chi connectivity index (χ2n) is 7.48. The standard InChI is InChI=1S/C20H29N3O3/c1-26-18-11-10-16(12-17(18)21)23-20(25)14-6-8-15(9-7-14)22-19(24)13-4-2-3-5-13/h10-15H,2-9,21H2,1H3,(H,22,24)(H,23,25). The summed E-state index contributed by atoms with van der Waals surface area (Å²) in [5.74, 6) is 1.02. The number of hydrogen-bond donors (Lipinski definition) is 3.